The number of nitrogens with zero attached hydrogens (tertiary/aromatic N) is 2. The van der Waals surface area contributed by atoms with Crippen molar-refractivity contribution in [3.05, 3.63) is 45.7 Å². The van der Waals surface area contributed by atoms with Crippen LogP contribution in [0, 0.1) is 11.8 Å². The standard InChI is InChI=1S/C15H16N4OS/c1-2-13-9-18-14(21-13)10-19-15(20)12-6-11(4-3-5-16)7-17-8-12/h6-9H,2,5,10,16H2,1H3,(H,19,20). The molecule has 0 fully saturated rings. The summed E-state index contributed by atoms with van der Waals surface area (Å²) >= 11 is 1.61. The predicted molar refractivity (Wildman–Crippen MR) is 82.8 cm³/mol. The molecule has 2 aromatic heterocycles. The largest absolute Gasteiger partial charge is 0.345 e. The molecule has 21 heavy (non-hydrogen) atoms. The van der Waals surface area contributed by atoms with E-state index in [0.29, 0.717) is 17.7 Å². The fraction of sp³-hybridized carbons (Fsp3) is 0.267. The fourth-order valence-corrected chi connectivity index (χ4v) is 2.44. The highest BCUT2D eigenvalue weighted by molar-refractivity contribution is 7.11. The minimum Gasteiger partial charge on any atom is -0.345 e. The summed E-state index contributed by atoms with van der Waals surface area (Å²) in [6.45, 7) is 2.78. The van der Waals surface area contributed by atoms with E-state index in [1.54, 1.807) is 23.6 Å². The number of nitrogens with one attached hydrogen (secondary N) is 1. The highest BCUT2D eigenvalue weighted by Crippen LogP contribution is 2.13. The lowest BCUT2D eigenvalue weighted by atomic mass is 10.2. The van der Waals surface area contributed by atoms with E-state index >= 15 is 0 Å². The van der Waals surface area contributed by atoms with Crippen molar-refractivity contribution in [2.45, 2.75) is 19.9 Å². The molecule has 0 aliphatic rings. The molecule has 0 aromatic carbocycles. The first-order valence-corrected chi connectivity index (χ1v) is 7.40. The Kier molecular flexibility index (Phi) is 5.43. The van der Waals surface area contributed by atoms with Crippen LogP contribution in [-0.2, 0) is 13.0 Å². The number of nitrogens with two attached hydrogens (primary N) is 1. The molecule has 108 valence electrons. The third-order valence-corrected chi connectivity index (χ3v) is 3.83. The highest BCUT2D eigenvalue weighted by Gasteiger charge is 2.08. The van der Waals surface area contributed by atoms with Gasteiger partial charge in [0.25, 0.3) is 5.91 Å². The fourth-order valence-electron chi connectivity index (χ4n) is 1.64. The highest BCUT2D eigenvalue weighted by atomic mass is 32.1. The van der Waals surface area contributed by atoms with E-state index in [9.17, 15) is 4.79 Å². The van der Waals surface area contributed by atoms with Crippen molar-refractivity contribution in [3.8, 4) is 11.8 Å². The second-order valence-electron chi connectivity index (χ2n) is 4.22. The zero-order valence-corrected chi connectivity index (χ0v) is 12.5. The maximum Gasteiger partial charge on any atom is 0.253 e. The number of carbonyl (C=O) groups is 1. The van der Waals surface area contributed by atoms with Crippen LogP contribution in [0.15, 0.2) is 24.7 Å². The number of pyridine rings is 1. The third kappa shape index (κ3) is 4.38. The Morgan fingerprint density at radius 3 is 3.00 bits per heavy atom. The molecular formula is C15H16N4OS. The van der Waals surface area contributed by atoms with Gasteiger partial charge in [-0.3, -0.25) is 9.78 Å². The van der Waals surface area contributed by atoms with Gasteiger partial charge in [-0.2, -0.15) is 0 Å². The van der Waals surface area contributed by atoms with Crippen molar-refractivity contribution in [3.63, 3.8) is 0 Å². The molecule has 0 atom stereocenters. The van der Waals surface area contributed by atoms with Gasteiger partial charge in [0.1, 0.15) is 5.01 Å². The maximum atomic E-state index is 12.1. The van der Waals surface area contributed by atoms with E-state index in [1.165, 1.54) is 11.1 Å². The molecule has 0 saturated heterocycles. The van der Waals surface area contributed by atoms with Gasteiger partial charge in [-0.1, -0.05) is 18.8 Å². The van der Waals surface area contributed by atoms with Gasteiger partial charge in [-0.05, 0) is 12.5 Å². The van der Waals surface area contributed by atoms with Crippen LogP contribution in [0.1, 0.15) is 32.7 Å². The summed E-state index contributed by atoms with van der Waals surface area (Å²) in [7, 11) is 0. The summed E-state index contributed by atoms with van der Waals surface area (Å²) in [6.07, 6.45) is 5.92. The number of hydrogen-bond donors (Lipinski definition) is 2. The quantitative estimate of drug-likeness (QED) is 0.835. The normalized spacial score (nSPS) is 9.81. The predicted octanol–water partition coefficient (Wildman–Crippen LogP) is 1.34. The molecule has 2 heterocycles. The van der Waals surface area contributed by atoms with Gasteiger partial charge in [-0.15, -0.1) is 11.3 Å². The van der Waals surface area contributed by atoms with E-state index in [2.05, 4.69) is 34.0 Å². The number of rotatable bonds is 4. The summed E-state index contributed by atoms with van der Waals surface area (Å²) < 4.78 is 0. The van der Waals surface area contributed by atoms with Gasteiger partial charge in [0.2, 0.25) is 0 Å². The zero-order chi connectivity index (χ0) is 15.1. The van der Waals surface area contributed by atoms with Crippen LogP contribution < -0.4 is 11.1 Å². The molecule has 0 bridgehead atoms. The van der Waals surface area contributed by atoms with E-state index in [0.717, 1.165) is 11.4 Å². The van der Waals surface area contributed by atoms with Crippen molar-refractivity contribution in [2.75, 3.05) is 6.54 Å². The molecule has 1 amide bonds. The van der Waals surface area contributed by atoms with E-state index in [1.807, 2.05) is 6.20 Å². The third-order valence-electron chi connectivity index (χ3n) is 2.69. The molecule has 2 aromatic rings. The topological polar surface area (TPSA) is 80.9 Å². The van der Waals surface area contributed by atoms with Crippen LogP contribution in [0.4, 0.5) is 0 Å². The van der Waals surface area contributed by atoms with Gasteiger partial charge in [0.05, 0.1) is 18.7 Å². The maximum absolute atomic E-state index is 12.1. The van der Waals surface area contributed by atoms with E-state index in [-0.39, 0.29) is 12.5 Å². The minimum atomic E-state index is -0.188. The summed E-state index contributed by atoms with van der Waals surface area (Å²) in [4.78, 5) is 21.6. The Hall–Kier alpha value is -2.23. The molecule has 0 unspecified atom stereocenters. The zero-order valence-electron chi connectivity index (χ0n) is 11.7. The van der Waals surface area contributed by atoms with Gasteiger partial charge in [0.15, 0.2) is 0 Å². The van der Waals surface area contributed by atoms with E-state index in [4.69, 9.17) is 5.73 Å². The first-order chi connectivity index (χ1) is 10.2. The van der Waals surface area contributed by atoms with Gasteiger partial charge >= 0.3 is 0 Å². The van der Waals surface area contributed by atoms with Crippen LogP contribution in [0.3, 0.4) is 0 Å². The smallest absolute Gasteiger partial charge is 0.253 e. The first-order valence-electron chi connectivity index (χ1n) is 6.58. The SMILES string of the molecule is CCc1cnc(CNC(=O)c2cncc(C#CCN)c2)s1. The molecule has 0 aliphatic carbocycles. The second-order valence-corrected chi connectivity index (χ2v) is 5.42. The first kappa shape index (κ1) is 15.2. The lowest BCUT2D eigenvalue weighted by molar-refractivity contribution is 0.0950. The minimum absolute atomic E-state index is 0.188. The van der Waals surface area contributed by atoms with Crippen molar-refractivity contribution in [1.29, 1.82) is 0 Å². The van der Waals surface area contributed by atoms with Crippen molar-refractivity contribution >= 4 is 17.2 Å². The Balaban J connectivity index is 1.99. The van der Waals surface area contributed by atoms with Gasteiger partial charge < -0.3 is 11.1 Å². The summed E-state index contributed by atoms with van der Waals surface area (Å²) in [5.74, 6) is 5.40. The number of hydrogen-bond acceptors (Lipinski definition) is 5. The Morgan fingerprint density at radius 1 is 1.43 bits per heavy atom. The molecular weight excluding hydrogens is 284 g/mol. The van der Waals surface area contributed by atoms with Crippen molar-refractivity contribution in [1.82, 2.24) is 15.3 Å². The number of aromatic nitrogens is 2. The second kappa shape index (κ2) is 7.53. The molecule has 0 saturated carbocycles. The molecule has 0 spiro atoms. The summed E-state index contributed by atoms with van der Waals surface area (Å²) in [5, 5.41) is 3.73. The molecule has 6 heteroatoms. The van der Waals surface area contributed by atoms with Gasteiger partial charge in [0, 0.05) is 29.0 Å². The van der Waals surface area contributed by atoms with Crippen molar-refractivity contribution in [2.24, 2.45) is 5.73 Å². The Bertz CT molecular complexity index is 684. The monoisotopic (exact) mass is 300 g/mol. The van der Waals surface area contributed by atoms with Crippen LogP contribution in [0.25, 0.3) is 0 Å². The number of thiazole rings is 1. The lowest BCUT2D eigenvalue weighted by Crippen LogP contribution is -2.22. The lowest BCUT2D eigenvalue weighted by Gasteiger charge is -2.03. The molecule has 3 N–H and O–H groups in total. The Labute approximate surface area is 127 Å². The molecule has 0 aliphatic heterocycles. The summed E-state index contributed by atoms with van der Waals surface area (Å²) in [5.41, 5.74) is 6.47. The van der Waals surface area contributed by atoms with Crippen LogP contribution in [0.5, 0.6) is 0 Å². The van der Waals surface area contributed by atoms with Crippen molar-refractivity contribution < 1.29 is 4.79 Å². The average Bonchev–Trinajstić information content (AvgIpc) is 2.99. The van der Waals surface area contributed by atoms with Crippen LogP contribution >= 0.6 is 11.3 Å². The number of carbonyl (C=O) groups excluding carboxylic acids is 1. The van der Waals surface area contributed by atoms with Crippen LogP contribution in [-0.4, -0.2) is 22.4 Å². The molecule has 5 nitrogen and oxygen atoms in total. The molecule has 2 rings (SSSR count). The Morgan fingerprint density at radius 2 is 2.29 bits per heavy atom. The molecule has 0 radical (unpaired) electrons. The van der Waals surface area contributed by atoms with Crippen LogP contribution in [0.2, 0.25) is 0 Å². The average molecular weight is 300 g/mol. The number of amides is 1. The van der Waals surface area contributed by atoms with Gasteiger partial charge in [-0.25, -0.2) is 4.98 Å². The number of aryl methyl sites for hydroxylation is 1. The summed E-state index contributed by atoms with van der Waals surface area (Å²) in [6, 6.07) is 1.70. The van der Waals surface area contributed by atoms with E-state index < -0.39 is 0 Å².